The van der Waals surface area contributed by atoms with Crippen LogP contribution in [0.25, 0.3) is 0 Å². The number of halogens is 1. The molecule has 7 heteroatoms. The largest absolute Gasteiger partial charge is 0.330 e. The van der Waals surface area contributed by atoms with E-state index >= 15 is 0 Å². The normalized spacial score (nSPS) is 19.5. The highest BCUT2D eigenvalue weighted by Crippen LogP contribution is 2.45. The first kappa shape index (κ1) is 32.8. The van der Waals surface area contributed by atoms with E-state index in [4.69, 9.17) is 5.73 Å². The molecule has 208 valence electrons. The molecule has 1 aliphatic heterocycles. The number of hydrogen-bond donors (Lipinski definition) is 2. The number of sulfonamides is 1. The number of amidine groups is 1. The smallest absolute Gasteiger partial charge is 0.241 e. The van der Waals surface area contributed by atoms with Gasteiger partial charge in [-0.1, -0.05) is 115 Å². The number of unbranched alkanes of at least 4 members (excludes halogenated alkanes) is 2. The summed E-state index contributed by atoms with van der Waals surface area (Å²) in [6, 6.07) is 13.4. The van der Waals surface area contributed by atoms with Crippen LogP contribution in [0.1, 0.15) is 108 Å². The molecule has 1 heterocycles. The van der Waals surface area contributed by atoms with Gasteiger partial charge in [0.1, 0.15) is 16.9 Å². The fourth-order valence-electron chi connectivity index (χ4n) is 4.03. The molecule has 3 rings (SSSR count). The molecule has 0 saturated carbocycles. The Balaban J connectivity index is 0.000000751. The first-order valence-electron chi connectivity index (χ1n) is 13.6. The molecular formula is C30H48FN3O2S. The van der Waals surface area contributed by atoms with Gasteiger partial charge in [0.05, 0.1) is 6.04 Å². The molecule has 2 atom stereocenters. The third-order valence-corrected chi connectivity index (χ3v) is 8.35. The summed E-state index contributed by atoms with van der Waals surface area (Å²) >= 11 is 0. The van der Waals surface area contributed by atoms with Crippen LogP contribution in [-0.2, 0) is 10.0 Å². The number of nitrogens with zero attached hydrogens (tertiary/aromatic N) is 1. The average molecular weight is 534 g/mol. The number of nitrogens with one attached hydrogen (secondary N) is 1. The molecule has 1 aliphatic rings. The minimum absolute atomic E-state index is 0.317. The standard InChI is InChI=1S/C22H28FN3O2S.2C4H10/c1-15-8-10-16(11-9-15)21-22(2,3)14-20(26-29(21,27)28)25-19(12-13-24)17-6-4-5-7-18(17)23;2*1-3-4-2/h4-11,19,21H,12-14,24H2,1-3H3,(H,25,26);2*3-4H2,1-2H3/t19-,21?;;/m0../s1. The van der Waals surface area contributed by atoms with Crippen LogP contribution in [0, 0.1) is 18.2 Å². The Morgan fingerprint density at radius 1 is 1.00 bits per heavy atom. The van der Waals surface area contributed by atoms with Crippen molar-refractivity contribution in [2.75, 3.05) is 6.54 Å². The van der Waals surface area contributed by atoms with E-state index < -0.39 is 26.7 Å². The van der Waals surface area contributed by atoms with Crippen LogP contribution in [-0.4, -0.2) is 20.8 Å². The summed E-state index contributed by atoms with van der Waals surface area (Å²) in [5.74, 6) is -0.0224. The van der Waals surface area contributed by atoms with Crippen molar-refractivity contribution in [2.45, 2.75) is 98.3 Å². The van der Waals surface area contributed by atoms with Gasteiger partial charge in [-0.2, -0.15) is 0 Å². The van der Waals surface area contributed by atoms with Gasteiger partial charge in [-0.15, -0.1) is 0 Å². The number of hydrogen-bond acceptors (Lipinski definition) is 4. The van der Waals surface area contributed by atoms with E-state index in [0.717, 1.165) is 11.1 Å². The third-order valence-electron chi connectivity index (χ3n) is 6.30. The summed E-state index contributed by atoms with van der Waals surface area (Å²) in [6.07, 6.45) is 6.13. The molecule has 0 aliphatic carbocycles. The van der Waals surface area contributed by atoms with Crippen molar-refractivity contribution in [1.82, 2.24) is 4.72 Å². The maximum atomic E-state index is 14.3. The Hall–Kier alpha value is -2.25. The van der Waals surface area contributed by atoms with E-state index in [1.807, 2.05) is 45.0 Å². The fourth-order valence-corrected chi connectivity index (χ4v) is 6.04. The predicted molar refractivity (Wildman–Crippen MR) is 156 cm³/mol. The van der Waals surface area contributed by atoms with E-state index in [1.54, 1.807) is 18.2 Å². The second-order valence-corrected chi connectivity index (χ2v) is 12.1. The lowest BCUT2D eigenvalue weighted by molar-refractivity contribution is 0.342. The quantitative estimate of drug-likeness (QED) is 0.384. The third kappa shape index (κ3) is 10.2. The van der Waals surface area contributed by atoms with Crippen LogP contribution < -0.4 is 10.5 Å². The first-order valence-corrected chi connectivity index (χ1v) is 15.1. The minimum Gasteiger partial charge on any atom is -0.330 e. The van der Waals surface area contributed by atoms with Gasteiger partial charge in [-0.25, -0.2) is 12.8 Å². The highest BCUT2D eigenvalue weighted by molar-refractivity contribution is 7.90. The Morgan fingerprint density at radius 3 is 2.00 bits per heavy atom. The molecule has 37 heavy (non-hydrogen) atoms. The van der Waals surface area contributed by atoms with Crippen molar-refractivity contribution in [3.05, 3.63) is 71.0 Å². The van der Waals surface area contributed by atoms with Gasteiger partial charge in [0, 0.05) is 12.0 Å². The van der Waals surface area contributed by atoms with Crippen LogP contribution in [0.2, 0.25) is 0 Å². The Bertz CT molecular complexity index is 1060. The molecule has 5 nitrogen and oxygen atoms in total. The first-order chi connectivity index (χ1) is 17.5. The molecule has 0 amide bonds. The zero-order valence-corrected chi connectivity index (χ0v) is 24.7. The lowest BCUT2D eigenvalue weighted by atomic mass is 9.81. The van der Waals surface area contributed by atoms with Crippen molar-refractivity contribution in [3.8, 4) is 0 Å². The van der Waals surface area contributed by atoms with E-state index in [2.05, 4.69) is 37.4 Å². The lowest BCUT2D eigenvalue weighted by Gasteiger charge is -2.39. The summed E-state index contributed by atoms with van der Waals surface area (Å²) in [7, 11) is -3.70. The van der Waals surface area contributed by atoms with Gasteiger partial charge in [0.15, 0.2) is 0 Å². The second kappa shape index (κ2) is 15.9. The monoisotopic (exact) mass is 533 g/mol. The molecule has 2 aromatic rings. The number of nitrogens with two attached hydrogens (primary N) is 1. The zero-order chi connectivity index (χ0) is 28.1. The Kier molecular flexibility index (Phi) is 14.1. The number of benzene rings is 2. The van der Waals surface area contributed by atoms with Crippen molar-refractivity contribution in [1.29, 1.82) is 0 Å². The van der Waals surface area contributed by atoms with Gasteiger partial charge >= 0.3 is 0 Å². The van der Waals surface area contributed by atoms with Gasteiger partial charge in [0.2, 0.25) is 10.0 Å². The second-order valence-electron chi connectivity index (χ2n) is 10.3. The van der Waals surface area contributed by atoms with E-state index in [-0.39, 0.29) is 5.82 Å². The number of rotatable bonds is 7. The summed E-state index contributed by atoms with van der Waals surface area (Å²) in [4.78, 5) is 4.60. The van der Waals surface area contributed by atoms with E-state index in [9.17, 15) is 12.8 Å². The van der Waals surface area contributed by atoms with Crippen LogP contribution in [0.3, 0.4) is 0 Å². The summed E-state index contributed by atoms with van der Waals surface area (Å²) in [5, 5.41) is -0.698. The topological polar surface area (TPSA) is 84.5 Å². The van der Waals surface area contributed by atoms with Crippen molar-refractivity contribution in [3.63, 3.8) is 0 Å². The van der Waals surface area contributed by atoms with Crippen LogP contribution in [0.15, 0.2) is 53.5 Å². The van der Waals surface area contributed by atoms with Crippen molar-refractivity contribution >= 4 is 15.9 Å². The van der Waals surface area contributed by atoms with E-state index in [1.165, 1.54) is 31.7 Å². The molecule has 1 fully saturated rings. The van der Waals surface area contributed by atoms with Gasteiger partial charge in [-0.3, -0.25) is 9.71 Å². The average Bonchev–Trinajstić information content (AvgIpc) is 2.84. The van der Waals surface area contributed by atoms with Crippen molar-refractivity contribution < 1.29 is 12.8 Å². The predicted octanol–water partition coefficient (Wildman–Crippen LogP) is 7.63. The van der Waals surface area contributed by atoms with Crippen LogP contribution in [0.5, 0.6) is 0 Å². The molecule has 2 aromatic carbocycles. The van der Waals surface area contributed by atoms with Crippen LogP contribution in [0.4, 0.5) is 4.39 Å². The highest BCUT2D eigenvalue weighted by atomic mass is 32.2. The molecule has 0 spiro atoms. The summed E-state index contributed by atoms with van der Waals surface area (Å²) in [6.45, 7) is 14.9. The minimum atomic E-state index is -3.70. The van der Waals surface area contributed by atoms with Gasteiger partial charge in [0.25, 0.3) is 0 Å². The van der Waals surface area contributed by atoms with Gasteiger partial charge in [-0.05, 0) is 36.9 Å². The van der Waals surface area contributed by atoms with E-state index in [0.29, 0.717) is 30.8 Å². The van der Waals surface area contributed by atoms with Crippen molar-refractivity contribution in [2.24, 2.45) is 16.1 Å². The molecule has 1 unspecified atom stereocenters. The SMILES string of the molecule is CCCC.CCCC.Cc1ccc(C2C(C)(C)CC(=N[C@@H](CCN)c3ccccc3F)NS2(=O)=O)cc1. The lowest BCUT2D eigenvalue weighted by Crippen LogP contribution is -2.48. The molecular weight excluding hydrogens is 485 g/mol. The molecule has 0 bridgehead atoms. The maximum absolute atomic E-state index is 14.3. The zero-order valence-electron chi connectivity index (χ0n) is 23.9. The molecule has 3 N–H and O–H groups in total. The molecule has 0 aromatic heterocycles. The number of aliphatic imine (C=N–C) groups is 1. The number of aryl methyl sites for hydroxylation is 1. The Morgan fingerprint density at radius 2 is 1.54 bits per heavy atom. The highest BCUT2D eigenvalue weighted by Gasteiger charge is 2.46. The van der Waals surface area contributed by atoms with Crippen LogP contribution >= 0.6 is 0 Å². The fraction of sp³-hybridized carbons (Fsp3) is 0.567. The maximum Gasteiger partial charge on any atom is 0.241 e. The van der Waals surface area contributed by atoms with Gasteiger partial charge < -0.3 is 5.73 Å². The Labute approximate surface area is 225 Å². The summed E-state index contributed by atoms with van der Waals surface area (Å²) in [5.41, 5.74) is 7.37. The summed E-state index contributed by atoms with van der Waals surface area (Å²) < 4.78 is 43.2. The molecule has 1 saturated heterocycles. The molecule has 0 radical (unpaired) electrons.